The minimum Gasteiger partial charge on any atom is -0.503 e. The summed E-state index contributed by atoms with van der Waals surface area (Å²) in [4.78, 5) is 27.7. The quantitative estimate of drug-likeness (QED) is 0.512. The average molecular weight is 434 g/mol. The first-order chi connectivity index (χ1) is 15.5. The van der Waals surface area contributed by atoms with Crippen molar-refractivity contribution in [3.8, 4) is 16.9 Å². The van der Waals surface area contributed by atoms with Crippen molar-refractivity contribution in [1.82, 2.24) is 9.55 Å². The van der Waals surface area contributed by atoms with E-state index < -0.39 is 22.7 Å². The van der Waals surface area contributed by atoms with Gasteiger partial charge in [-0.3, -0.25) is 4.79 Å². The summed E-state index contributed by atoms with van der Waals surface area (Å²) >= 11 is 0. The third kappa shape index (κ3) is 4.99. The Bertz CT molecular complexity index is 1150. The predicted molar refractivity (Wildman–Crippen MR) is 123 cm³/mol. The number of aromatic nitrogens is 2. The molecule has 0 aliphatic heterocycles. The summed E-state index contributed by atoms with van der Waals surface area (Å²) in [5, 5.41) is 22.5. The molecule has 1 aromatic carbocycles. The largest absolute Gasteiger partial charge is 0.503 e. The van der Waals surface area contributed by atoms with Crippen LogP contribution in [0.5, 0.6) is 5.75 Å². The molecule has 7 nitrogen and oxygen atoms in total. The Balaban J connectivity index is 1.52. The van der Waals surface area contributed by atoms with Gasteiger partial charge in [-0.05, 0) is 42.0 Å². The van der Waals surface area contributed by atoms with E-state index in [9.17, 15) is 19.8 Å². The van der Waals surface area contributed by atoms with Crippen molar-refractivity contribution in [1.29, 1.82) is 0 Å². The summed E-state index contributed by atoms with van der Waals surface area (Å²) in [6, 6.07) is 11.7. The Morgan fingerprint density at radius 2 is 1.88 bits per heavy atom. The van der Waals surface area contributed by atoms with Gasteiger partial charge >= 0.3 is 5.97 Å². The maximum Gasteiger partial charge on any atom is 0.341 e. The van der Waals surface area contributed by atoms with Gasteiger partial charge in [-0.1, -0.05) is 43.5 Å². The minimum atomic E-state index is -1.37. The Morgan fingerprint density at radius 3 is 2.59 bits per heavy atom. The number of carboxylic acid groups (broad SMARTS) is 1. The second-order valence-electron chi connectivity index (χ2n) is 8.34. The molecule has 1 saturated carbocycles. The number of nitrogens with one attached hydrogen (secondary N) is 1. The topological polar surface area (TPSA) is 104 Å². The highest BCUT2D eigenvalue weighted by molar-refractivity contribution is 5.87. The summed E-state index contributed by atoms with van der Waals surface area (Å²) in [7, 11) is 0. The minimum absolute atomic E-state index is 0.298. The zero-order chi connectivity index (χ0) is 22.5. The number of aromatic hydroxyl groups is 1. The second kappa shape index (κ2) is 9.68. The van der Waals surface area contributed by atoms with Crippen LogP contribution in [-0.4, -0.2) is 32.3 Å². The number of carbonyl (C=O) groups is 1. The van der Waals surface area contributed by atoms with Crippen LogP contribution in [0.15, 0.2) is 59.8 Å². The van der Waals surface area contributed by atoms with Crippen molar-refractivity contribution in [2.75, 3.05) is 11.9 Å². The molecule has 3 aromatic rings. The van der Waals surface area contributed by atoms with E-state index in [-0.39, 0.29) is 0 Å². The standard InChI is InChI=1S/C25H27N3O4/c29-22-16-28(15-21(24(22)30)25(31)32)14-19-8-4-5-9-20(19)18-10-11-23(27-13-18)26-12-17-6-2-1-3-7-17/h4-5,8-11,13,15-17,29H,1-3,6-7,12,14H2,(H,26,27)(H,31,32). The zero-order valence-corrected chi connectivity index (χ0v) is 17.8. The maximum atomic E-state index is 11.8. The first-order valence-electron chi connectivity index (χ1n) is 11.0. The summed E-state index contributed by atoms with van der Waals surface area (Å²) < 4.78 is 1.51. The van der Waals surface area contributed by atoms with Crippen LogP contribution in [0.4, 0.5) is 5.82 Å². The van der Waals surface area contributed by atoms with Crippen LogP contribution in [0.25, 0.3) is 11.1 Å². The summed E-state index contributed by atoms with van der Waals surface area (Å²) in [6.07, 6.45) is 10.9. The molecule has 1 aliphatic carbocycles. The van der Waals surface area contributed by atoms with E-state index in [1.807, 2.05) is 42.6 Å². The van der Waals surface area contributed by atoms with Crippen LogP contribution >= 0.6 is 0 Å². The predicted octanol–water partition coefficient (Wildman–Crippen LogP) is 4.35. The van der Waals surface area contributed by atoms with Crippen molar-refractivity contribution < 1.29 is 15.0 Å². The second-order valence-corrected chi connectivity index (χ2v) is 8.34. The van der Waals surface area contributed by atoms with Crippen molar-refractivity contribution in [2.24, 2.45) is 5.92 Å². The van der Waals surface area contributed by atoms with E-state index >= 15 is 0 Å². The highest BCUT2D eigenvalue weighted by Gasteiger charge is 2.15. The lowest BCUT2D eigenvalue weighted by atomic mass is 9.89. The summed E-state index contributed by atoms with van der Waals surface area (Å²) in [6.45, 7) is 1.25. The fourth-order valence-electron chi connectivity index (χ4n) is 4.29. The molecule has 3 N–H and O–H groups in total. The zero-order valence-electron chi connectivity index (χ0n) is 17.8. The molecule has 0 saturated heterocycles. The van der Waals surface area contributed by atoms with Gasteiger partial charge in [0, 0.05) is 31.0 Å². The van der Waals surface area contributed by atoms with Crippen LogP contribution in [-0.2, 0) is 6.54 Å². The molecule has 166 valence electrons. The number of hydrogen-bond donors (Lipinski definition) is 3. The van der Waals surface area contributed by atoms with Crippen molar-refractivity contribution in [2.45, 2.75) is 38.6 Å². The fraction of sp³-hybridized carbons (Fsp3) is 0.320. The first kappa shape index (κ1) is 21.6. The molecule has 2 aromatic heterocycles. The van der Waals surface area contributed by atoms with Crippen molar-refractivity contribution >= 4 is 11.8 Å². The van der Waals surface area contributed by atoms with Gasteiger partial charge in [0.1, 0.15) is 11.4 Å². The Kier molecular flexibility index (Phi) is 6.54. The molecule has 0 radical (unpaired) electrons. The summed E-state index contributed by atoms with van der Waals surface area (Å²) in [5.74, 6) is -0.380. The molecule has 2 heterocycles. The van der Waals surface area contributed by atoms with E-state index in [2.05, 4.69) is 10.3 Å². The van der Waals surface area contributed by atoms with Gasteiger partial charge in [0.2, 0.25) is 5.43 Å². The number of aromatic carboxylic acids is 1. The van der Waals surface area contributed by atoms with Gasteiger partial charge < -0.3 is 20.1 Å². The van der Waals surface area contributed by atoms with Crippen LogP contribution in [0, 0.1) is 5.92 Å². The monoisotopic (exact) mass is 433 g/mol. The SMILES string of the molecule is O=C(O)c1cn(Cc2ccccc2-c2ccc(NCC3CCCCC3)nc2)cc(O)c1=O. The molecule has 32 heavy (non-hydrogen) atoms. The molecule has 0 amide bonds. The van der Waals surface area contributed by atoms with Gasteiger partial charge in [0.25, 0.3) is 0 Å². The Labute approximate surface area is 186 Å². The third-order valence-corrected chi connectivity index (χ3v) is 6.03. The normalized spacial score (nSPS) is 14.2. The van der Waals surface area contributed by atoms with Gasteiger partial charge in [-0.15, -0.1) is 0 Å². The van der Waals surface area contributed by atoms with E-state index in [0.717, 1.165) is 35.0 Å². The lowest BCUT2D eigenvalue weighted by Gasteiger charge is -2.22. The Morgan fingerprint density at radius 1 is 1.09 bits per heavy atom. The fourth-order valence-corrected chi connectivity index (χ4v) is 4.29. The number of nitrogens with zero attached hydrogens (tertiary/aromatic N) is 2. The lowest BCUT2D eigenvalue weighted by Crippen LogP contribution is -2.18. The van der Waals surface area contributed by atoms with Crippen LogP contribution < -0.4 is 10.7 Å². The van der Waals surface area contributed by atoms with E-state index in [1.54, 1.807) is 0 Å². The van der Waals surface area contributed by atoms with E-state index in [4.69, 9.17) is 0 Å². The number of hydrogen-bond acceptors (Lipinski definition) is 5. The molecule has 1 fully saturated rings. The highest BCUT2D eigenvalue weighted by Crippen LogP contribution is 2.26. The third-order valence-electron chi connectivity index (χ3n) is 6.03. The molecule has 7 heteroatoms. The molecule has 0 spiro atoms. The van der Waals surface area contributed by atoms with Gasteiger partial charge in [-0.2, -0.15) is 0 Å². The maximum absolute atomic E-state index is 11.8. The summed E-state index contributed by atoms with van der Waals surface area (Å²) in [5.41, 5.74) is 1.46. The number of pyridine rings is 2. The lowest BCUT2D eigenvalue weighted by molar-refractivity contribution is 0.0694. The van der Waals surface area contributed by atoms with E-state index in [0.29, 0.717) is 6.54 Å². The molecular weight excluding hydrogens is 406 g/mol. The molecule has 1 aliphatic rings. The number of anilines is 1. The highest BCUT2D eigenvalue weighted by atomic mass is 16.4. The van der Waals surface area contributed by atoms with Crippen molar-refractivity contribution in [3.63, 3.8) is 0 Å². The smallest absolute Gasteiger partial charge is 0.341 e. The van der Waals surface area contributed by atoms with Gasteiger partial charge in [0.15, 0.2) is 5.75 Å². The van der Waals surface area contributed by atoms with Gasteiger partial charge in [-0.25, -0.2) is 9.78 Å². The molecule has 4 rings (SSSR count). The van der Waals surface area contributed by atoms with Gasteiger partial charge in [0.05, 0.1) is 6.20 Å². The molecule has 0 unspecified atom stereocenters. The Hall–Kier alpha value is -3.61. The van der Waals surface area contributed by atoms with Crippen LogP contribution in [0.1, 0.15) is 48.0 Å². The number of rotatable bonds is 7. The average Bonchev–Trinajstić information content (AvgIpc) is 2.81. The van der Waals surface area contributed by atoms with E-state index in [1.165, 1.54) is 49.1 Å². The molecule has 0 bridgehead atoms. The van der Waals surface area contributed by atoms with Crippen LogP contribution in [0.3, 0.4) is 0 Å². The van der Waals surface area contributed by atoms with Crippen molar-refractivity contribution in [3.05, 3.63) is 76.3 Å². The first-order valence-corrected chi connectivity index (χ1v) is 11.0. The number of carboxylic acids is 1. The van der Waals surface area contributed by atoms with Crippen LogP contribution in [0.2, 0.25) is 0 Å². The number of benzene rings is 1. The molecule has 0 atom stereocenters. The molecular formula is C25H27N3O4.